The van der Waals surface area contributed by atoms with Gasteiger partial charge >= 0.3 is 0 Å². The molecule has 1 aromatic carbocycles. The number of nitrogens with zero attached hydrogens (tertiary/aromatic N) is 1. The zero-order chi connectivity index (χ0) is 10.7. The van der Waals surface area contributed by atoms with Crippen LogP contribution in [-0.2, 0) is 0 Å². The normalized spacial score (nSPS) is 10.3. The molecule has 0 atom stereocenters. The van der Waals surface area contributed by atoms with Crippen molar-refractivity contribution in [3.8, 4) is 5.75 Å². The van der Waals surface area contributed by atoms with Gasteiger partial charge in [-0.05, 0) is 13.0 Å². The molecule has 3 heteroatoms. The van der Waals surface area contributed by atoms with Crippen LogP contribution in [-0.4, -0.2) is 13.7 Å². The fraction of sp³-hybridized carbons (Fsp3) is 0.250. The van der Waals surface area contributed by atoms with Crippen molar-refractivity contribution in [1.29, 1.82) is 0 Å². The summed E-state index contributed by atoms with van der Waals surface area (Å²) in [5.41, 5.74) is 1.01. The summed E-state index contributed by atoms with van der Waals surface area (Å²) in [4.78, 5) is 5.22. The third-order valence-corrected chi connectivity index (χ3v) is 2.26. The molecule has 0 aliphatic rings. The SMILES string of the molecule is CCOc1cc[n+](OC)c2ccccc12. The lowest BCUT2D eigenvalue weighted by Crippen LogP contribution is -2.40. The topological polar surface area (TPSA) is 22.3 Å². The second-order valence-corrected chi connectivity index (χ2v) is 3.14. The lowest BCUT2D eigenvalue weighted by Gasteiger charge is -2.04. The zero-order valence-electron chi connectivity index (χ0n) is 8.93. The Hall–Kier alpha value is -1.77. The zero-order valence-corrected chi connectivity index (χ0v) is 8.93. The number of fused-ring (bicyclic) bond motifs is 1. The largest absolute Gasteiger partial charge is 0.493 e. The van der Waals surface area contributed by atoms with E-state index < -0.39 is 0 Å². The van der Waals surface area contributed by atoms with Crippen molar-refractivity contribution in [1.82, 2.24) is 0 Å². The standard InChI is InChI=1S/C12H14NO2/c1-3-15-12-8-9-13(14-2)11-7-5-4-6-10(11)12/h4-9H,3H2,1-2H3/q+1. The molecule has 0 spiro atoms. The molecule has 0 aliphatic carbocycles. The number of hydrogen-bond donors (Lipinski definition) is 0. The molecule has 0 aliphatic heterocycles. The van der Waals surface area contributed by atoms with Crippen LogP contribution in [0.1, 0.15) is 6.92 Å². The molecule has 1 aromatic heterocycles. The average Bonchev–Trinajstić information content (AvgIpc) is 2.30. The maximum absolute atomic E-state index is 5.55. The van der Waals surface area contributed by atoms with E-state index in [1.807, 2.05) is 43.5 Å². The van der Waals surface area contributed by atoms with E-state index in [0.717, 1.165) is 16.7 Å². The van der Waals surface area contributed by atoms with Gasteiger partial charge in [-0.1, -0.05) is 12.1 Å². The van der Waals surface area contributed by atoms with Crippen LogP contribution in [0.2, 0.25) is 0 Å². The Labute approximate surface area is 88.8 Å². The molecule has 0 N–H and O–H groups in total. The van der Waals surface area contributed by atoms with E-state index in [0.29, 0.717) is 6.61 Å². The lowest BCUT2D eigenvalue weighted by molar-refractivity contribution is -0.865. The molecule has 78 valence electrons. The molecule has 0 fully saturated rings. The Morgan fingerprint density at radius 2 is 2.00 bits per heavy atom. The van der Waals surface area contributed by atoms with Gasteiger partial charge in [0, 0.05) is 16.9 Å². The van der Waals surface area contributed by atoms with Gasteiger partial charge in [-0.2, -0.15) is 0 Å². The Balaban J connectivity index is 2.66. The van der Waals surface area contributed by atoms with Crippen LogP contribution in [0.3, 0.4) is 0 Å². The number of para-hydroxylation sites is 1. The highest BCUT2D eigenvalue weighted by Crippen LogP contribution is 2.21. The van der Waals surface area contributed by atoms with Gasteiger partial charge in [0.15, 0.2) is 0 Å². The van der Waals surface area contributed by atoms with Crippen molar-refractivity contribution in [3.63, 3.8) is 0 Å². The van der Waals surface area contributed by atoms with E-state index >= 15 is 0 Å². The number of pyridine rings is 1. The monoisotopic (exact) mass is 204 g/mol. The maximum Gasteiger partial charge on any atom is 0.268 e. The molecule has 15 heavy (non-hydrogen) atoms. The molecule has 0 saturated heterocycles. The summed E-state index contributed by atoms with van der Waals surface area (Å²) in [6.45, 7) is 2.65. The molecule has 0 unspecified atom stereocenters. The predicted octanol–water partition coefficient (Wildman–Crippen LogP) is 1.58. The summed E-state index contributed by atoms with van der Waals surface area (Å²) in [5, 5.41) is 1.06. The molecule has 2 rings (SSSR count). The number of benzene rings is 1. The van der Waals surface area contributed by atoms with E-state index in [2.05, 4.69) is 0 Å². The van der Waals surface area contributed by atoms with Crippen molar-refractivity contribution < 1.29 is 14.3 Å². The van der Waals surface area contributed by atoms with Crippen LogP contribution in [0.15, 0.2) is 36.5 Å². The minimum Gasteiger partial charge on any atom is -0.493 e. The van der Waals surface area contributed by atoms with Gasteiger partial charge in [-0.3, -0.25) is 4.84 Å². The number of aromatic nitrogens is 1. The van der Waals surface area contributed by atoms with Crippen LogP contribution in [0.25, 0.3) is 10.9 Å². The van der Waals surface area contributed by atoms with Crippen LogP contribution in [0.5, 0.6) is 5.75 Å². The molecule has 3 nitrogen and oxygen atoms in total. The maximum atomic E-state index is 5.55. The van der Waals surface area contributed by atoms with Crippen molar-refractivity contribution in [2.45, 2.75) is 6.92 Å². The van der Waals surface area contributed by atoms with Crippen molar-refractivity contribution in [2.75, 3.05) is 13.7 Å². The Kier molecular flexibility index (Phi) is 2.72. The van der Waals surface area contributed by atoms with Gasteiger partial charge in [-0.15, -0.1) is 0 Å². The Morgan fingerprint density at radius 1 is 1.20 bits per heavy atom. The van der Waals surface area contributed by atoms with Crippen LogP contribution in [0.4, 0.5) is 0 Å². The quantitative estimate of drug-likeness (QED) is 0.708. The van der Waals surface area contributed by atoms with Gasteiger partial charge in [-0.25, -0.2) is 0 Å². The molecule has 0 bridgehead atoms. The van der Waals surface area contributed by atoms with Crippen LogP contribution < -0.4 is 14.3 Å². The predicted molar refractivity (Wildman–Crippen MR) is 57.8 cm³/mol. The Bertz CT molecular complexity index is 468. The molecule has 0 amide bonds. The first-order chi connectivity index (χ1) is 7.36. The summed E-state index contributed by atoms with van der Waals surface area (Å²) in [7, 11) is 1.65. The number of ether oxygens (including phenoxy) is 1. The van der Waals surface area contributed by atoms with Crippen molar-refractivity contribution in [3.05, 3.63) is 36.5 Å². The highest BCUT2D eigenvalue weighted by Gasteiger charge is 2.12. The van der Waals surface area contributed by atoms with Gasteiger partial charge in [0.05, 0.1) is 12.0 Å². The summed E-state index contributed by atoms with van der Waals surface area (Å²) >= 11 is 0. The summed E-state index contributed by atoms with van der Waals surface area (Å²) in [5.74, 6) is 0.890. The summed E-state index contributed by atoms with van der Waals surface area (Å²) < 4.78 is 7.27. The molecular weight excluding hydrogens is 190 g/mol. The van der Waals surface area contributed by atoms with Crippen molar-refractivity contribution in [2.24, 2.45) is 0 Å². The first kappa shape index (κ1) is 9.77. The Morgan fingerprint density at radius 3 is 2.73 bits per heavy atom. The molecule has 2 aromatic rings. The van der Waals surface area contributed by atoms with Gasteiger partial charge in [0.1, 0.15) is 12.9 Å². The van der Waals surface area contributed by atoms with E-state index in [4.69, 9.17) is 9.57 Å². The van der Waals surface area contributed by atoms with E-state index in [1.54, 1.807) is 11.8 Å². The molecule has 0 radical (unpaired) electrons. The van der Waals surface area contributed by atoms with Crippen molar-refractivity contribution >= 4 is 10.9 Å². The van der Waals surface area contributed by atoms with Gasteiger partial charge in [0.25, 0.3) is 5.52 Å². The first-order valence-corrected chi connectivity index (χ1v) is 4.97. The fourth-order valence-corrected chi connectivity index (χ4v) is 1.62. The van der Waals surface area contributed by atoms with E-state index in [-0.39, 0.29) is 0 Å². The lowest BCUT2D eigenvalue weighted by atomic mass is 10.2. The highest BCUT2D eigenvalue weighted by atomic mass is 16.6. The average molecular weight is 204 g/mol. The first-order valence-electron chi connectivity index (χ1n) is 4.97. The minimum absolute atomic E-state index is 0.668. The molecule has 1 heterocycles. The smallest absolute Gasteiger partial charge is 0.268 e. The number of hydrogen-bond acceptors (Lipinski definition) is 2. The number of rotatable bonds is 3. The van der Waals surface area contributed by atoms with Crippen LogP contribution in [0, 0.1) is 0 Å². The summed E-state index contributed by atoms with van der Waals surface area (Å²) in [6, 6.07) is 9.91. The summed E-state index contributed by atoms with van der Waals surface area (Å²) in [6.07, 6.45) is 1.85. The molecule has 0 saturated carbocycles. The fourth-order valence-electron chi connectivity index (χ4n) is 1.62. The highest BCUT2D eigenvalue weighted by molar-refractivity contribution is 5.82. The second kappa shape index (κ2) is 4.17. The third-order valence-electron chi connectivity index (χ3n) is 2.26. The van der Waals surface area contributed by atoms with E-state index in [1.165, 1.54) is 0 Å². The third kappa shape index (κ3) is 1.73. The van der Waals surface area contributed by atoms with Gasteiger partial charge < -0.3 is 4.74 Å². The van der Waals surface area contributed by atoms with Gasteiger partial charge in [0.2, 0.25) is 6.20 Å². The second-order valence-electron chi connectivity index (χ2n) is 3.14. The minimum atomic E-state index is 0.668. The van der Waals surface area contributed by atoms with E-state index in [9.17, 15) is 0 Å². The van der Waals surface area contributed by atoms with Crippen LogP contribution >= 0.6 is 0 Å². The molecular formula is C12H14NO2+.